The molecule has 0 aromatic rings. The second kappa shape index (κ2) is 5.16. The Morgan fingerprint density at radius 2 is 2.00 bits per heavy atom. The molecular weight excluding hydrogens is 172 g/mol. The summed E-state index contributed by atoms with van der Waals surface area (Å²) >= 11 is 0. The zero-order valence-corrected chi connectivity index (χ0v) is 10.3. The highest BCUT2D eigenvalue weighted by Gasteiger charge is 2.26. The minimum atomic E-state index is 0.0937. The van der Waals surface area contributed by atoms with E-state index in [1.54, 1.807) is 0 Å². The number of hydrogen-bond donors (Lipinski definition) is 0. The van der Waals surface area contributed by atoms with E-state index in [-0.39, 0.29) is 5.60 Å². The molecule has 0 N–H and O–H groups in total. The van der Waals surface area contributed by atoms with Gasteiger partial charge in [-0.3, -0.25) is 0 Å². The molecule has 1 nitrogen and oxygen atoms in total. The largest absolute Gasteiger partial charge is 0.372 e. The third-order valence-electron chi connectivity index (χ3n) is 3.23. The highest BCUT2D eigenvalue weighted by molar-refractivity contribution is 4.76. The number of rotatable bonds is 4. The minimum Gasteiger partial charge on any atom is -0.372 e. The summed E-state index contributed by atoms with van der Waals surface area (Å²) < 4.78 is 6.19. The van der Waals surface area contributed by atoms with Gasteiger partial charge in [0.05, 0.1) is 11.7 Å². The van der Waals surface area contributed by atoms with Crippen LogP contribution < -0.4 is 0 Å². The van der Waals surface area contributed by atoms with E-state index < -0.39 is 0 Å². The summed E-state index contributed by atoms with van der Waals surface area (Å²) in [7, 11) is 0. The molecular formula is C13H26O. The van der Waals surface area contributed by atoms with Crippen molar-refractivity contribution in [3.8, 4) is 0 Å². The van der Waals surface area contributed by atoms with Crippen molar-refractivity contribution in [3.05, 3.63) is 0 Å². The van der Waals surface area contributed by atoms with Crippen LogP contribution in [0.2, 0.25) is 0 Å². The molecule has 0 spiro atoms. The van der Waals surface area contributed by atoms with Crippen molar-refractivity contribution in [3.63, 3.8) is 0 Å². The molecule has 0 amide bonds. The Kier molecular flexibility index (Phi) is 4.43. The van der Waals surface area contributed by atoms with Crippen LogP contribution in [0.3, 0.4) is 0 Å². The van der Waals surface area contributed by atoms with Gasteiger partial charge in [0.25, 0.3) is 0 Å². The Bertz CT molecular complexity index is 163. The van der Waals surface area contributed by atoms with Crippen LogP contribution in [-0.4, -0.2) is 11.7 Å². The molecule has 1 saturated carbocycles. The van der Waals surface area contributed by atoms with Gasteiger partial charge in [0.2, 0.25) is 0 Å². The van der Waals surface area contributed by atoms with Gasteiger partial charge in [0.1, 0.15) is 0 Å². The molecule has 1 heteroatoms. The van der Waals surface area contributed by atoms with Gasteiger partial charge in [0, 0.05) is 0 Å². The number of hydrogen-bond acceptors (Lipinski definition) is 1. The zero-order valence-electron chi connectivity index (χ0n) is 10.3. The second-order valence-corrected chi connectivity index (χ2v) is 5.52. The molecule has 0 heterocycles. The van der Waals surface area contributed by atoms with Crippen LogP contribution in [0.25, 0.3) is 0 Å². The summed E-state index contributed by atoms with van der Waals surface area (Å²) in [4.78, 5) is 0. The molecule has 0 aromatic heterocycles. The first kappa shape index (κ1) is 12.0. The first-order valence-electron chi connectivity index (χ1n) is 6.21. The van der Waals surface area contributed by atoms with Crippen molar-refractivity contribution in [2.24, 2.45) is 5.92 Å². The van der Waals surface area contributed by atoms with Gasteiger partial charge in [-0.25, -0.2) is 0 Å². The summed E-state index contributed by atoms with van der Waals surface area (Å²) in [5.41, 5.74) is 0.0937. The first-order valence-corrected chi connectivity index (χ1v) is 6.21. The highest BCUT2D eigenvalue weighted by Crippen LogP contribution is 2.30. The van der Waals surface area contributed by atoms with E-state index in [2.05, 4.69) is 27.7 Å². The third kappa shape index (κ3) is 4.00. The lowest BCUT2D eigenvalue weighted by atomic mass is 9.88. The lowest BCUT2D eigenvalue weighted by Crippen LogP contribution is -2.33. The lowest BCUT2D eigenvalue weighted by Gasteiger charge is -2.34. The predicted octanol–water partition coefficient (Wildman–Crippen LogP) is 4.16. The SMILES string of the molecule is CCCC(C)(C)OC1CCC[C@@H](C)C1. The topological polar surface area (TPSA) is 9.23 Å². The second-order valence-electron chi connectivity index (χ2n) is 5.52. The fourth-order valence-electron chi connectivity index (χ4n) is 2.60. The molecule has 1 fully saturated rings. The van der Waals surface area contributed by atoms with E-state index in [0.29, 0.717) is 6.10 Å². The van der Waals surface area contributed by atoms with Crippen LogP contribution in [0.15, 0.2) is 0 Å². The monoisotopic (exact) mass is 198 g/mol. The highest BCUT2D eigenvalue weighted by atomic mass is 16.5. The van der Waals surface area contributed by atoms with Crippen molar-refractivity contribution in [2.45, 2.75) is 77.9 Å². The third-order valence-corrected chi connectivity index (χ3v) is 3.23. The van der Waals surface area contributed by atoms with Crippen molar-refractivity contribution in [2.75, 3.05) is 0 Å². The van der Waals surface area contributed by atoms with E-state index in [0.717, 1.165) is 5.92 Å². The smallest absolute Gasteiger partial charge is 0.0630 e. The van der Waals surface area contributed by atoms with E-state index in [9.17, 15) is 0 Å². The average molecular weight is 198 g/mol. The van der Waals surface area contributed by atoms with Gasteiger partial charge in [-0.15, -0.1) is 0 Å². The van der Waals surface area contributed by atoms with Crippen molar-refractivity contribution in [1.29, 1.82) is 0 Å². The normalized spacial score (nSPS) is 29.1. The molecule has 1 rings (SSSR count). The summed E-state index contributed by atoms with van der Waals surface area (Å²) in [5, 5.41) is 0. The maximum atomic E-state index is 6.19. The summed E-state index contributed by atoms with van der Waals surface area (Å²) in [6.07, 6.45) is 8.22. The van der Waals surface area contributed by atoms with Crippen molar-refractivity contribution < 1.29 is 4.74 Å². The van der Waals surface area contributed by atoms with Gasteiger partial charge >= 0.3 is 0 Å². The van der Waals surface area contributed by atoms with E-state index in [4.69, 9.17) is 4.74 Å². The Balaban J connectivity index is 2.34. The standard InChI is InChI=1S/C13H26O/c1-5-9-13(3,4)14-12-8-6-7-11(2)10-12/h11-12H,5-10H2,1-4H3/t11-,12?/m1/s1. The van der Waals surface area contributed by atoms with Gasteiger partial charge in [-0.2, -0.15) is 0 Å². The van der Waals surface area contributed by atoms with Gasteiger partial charge in [-0.05, 0) is 39.0 Å². The lowest BCUT2D eigenvalue weighted by molar-refractivity contribution is -0.0946. The zero-order chi connectivity index (χ0) is 10.6. The van der Waals surface area contributed by atoms with E-state index >= 15 is 0 Å². The molecule has 0 aliphatic heterocycles. The molecule has 0 bridgehead atoms. The Morgan fingerprint density at radius 1 is 1.29 bits per heavy atom. The van der Waals surface area contributed by atoms with Crippen LogP contribution in [0.1, 0.15) is 66.2 Å². The molecule has 1 aliphatic rings. The summed E-state index contributed by atoms with van der Waals surface area (Å²) in [6, 6.07) is 0. The van der Waals surface area contributed by atoms with E-state index in [1.807, 2.05) is 0 Å². The molecule has 0 aromatic carbocycles. The van der Waals surface area contributed by atoms with Gasteiger partial charge in [0.15, 0.2) is 0 Å². The van der Waals surface area contributed by atoms with Gasteiger partial charge < -0.3 is 4.74 Å². The minimum absolute atomic E-state index is 0.0937. The van der Waals surface area contributed by atoms with Crippen LogP contribution in [0, 0.1) is 5.92 Å². The quantitative estimate of drug-likeness (QED) is 0.659. The summed E-state index contributed by atoms with van der Waals surface area (Å²) in [6.45, 7) is 9.04. The molecule has 84 valence electrons. The van der Waals surface area contributed by atoms with E-state index in [1.165, 1.54) is 38.5 Å². The number of ether oxygens (including phenoxy) is 1. The van der Waals surface area contributed by atoms with Crippen molar-refractivity contribution >= 4 is 0 Å². The Morgan fingerprint density at radius 3 is 2.57 bits per heavy atom. The van der Waals surface area contributed by atoms with Crippen LogP contribution in [0.4, 0.5) is 0 Å². The molecule has 1 aliphatic carbocycles. The van der Waals surface area contributed by atoms with Crippen LogP contribution in [-0.2, 0) is 4.74 Å². The average Bonchev–Trinajstić information content (AvgIpc) is 2.02. The first-order chi connectivity index (χ1) is 6.53. The maximum absolute atomic E-state index is 6.19. The summed E-state index contributed by atoms with van der Waals surface area (Å²) in [5.74, 6) is 0.867. The molecule has 0 saturated heterocycles. The van der Waals surface area contributed by atoms with Gasteiger partial charge in [-0.1, -0.05) is 33.1 Å². The fraction of sp³-hybridized carbons (Fsp3) is 1.00. The molecule has 0 radical (unpaired) electrons. The molecule has 14 heavy (non-hydrogen) atoms. The maximum Gasteiger partial charge on any atom is 0.0630 e. The Hall–Kier alpha value is -0.0400. The fourth-order valence-corrected chi connectivity index (χ4v) is 2.60. The molecule has 1 unspecified atom stereocenters. The van der Waals surface area contributed by atoms with Crippen molar-refractivity contribution in [1.82, 2.24) is 0 Å². The van der Waals surface area contributed by atoms with Crippen LogP contribution >= 0.6 is 0 Å². The van der Waals surface area contributed by atoms with Crippen LogP contribution in [0.5, 0.6) is 0 Å². The Labute approximate surface area is 89.2 Å². The predicted molar refractivity (Wildman–Crippen MR) is 61.5 cm³/mol. The molecule has 2 atom stereocenters.